The lowest BCUT2D eigenvalue weighted by Gasteiger charge is -2.34. The van der Waals surface area contributed by atoms with Gasteiger partial charge in [-0.3, -0.25) is 9.69 Å². The predicted molar refractivity (Wildman–Crippen MR) is 131 cm³/mol. The van der Waals surface area contributed by atoms with E-state index in [0.717, 1.165) is 63.3 Å². The Kier molecular flexibility index (Phi) is 8.02. The second kappa shape index (κ2) is 11.1. The molecule has 33 heavy (non-hydrogen) atoms. The lowest BCUT2D eigenvalue weighted by molar-refractivity contribution is -0.129. The number of β-amino-alcohol motifs (C(OH)–C–C–N with tert-alkyl or cyclic N) is 1. The molecule has 178 valence electrons. The summed E-state index contributed by atoms with van der Waals surface area (Å²) in [6.07, 6.45) is 7.03. The maximum atomic E-state index is 13.3. The van der Waals surface area contributed by atoms with Gasteiger partial charge in [0.05, 0.1) is 6.10 Å². The summed E-state index contributed by atoms with van der Waals surface area (Å²) in [5.74, 6) is -0.0394. The smallest absolute Gasteiger partial charge is 0.254 e. The fraction of sp³-hybridized carbons (Fsp3) is 0.519. The number of aliphatic hydroxyl groups is 1. The van der Waals surface area contributed by atoms with Gasteiger partial charge in [-0.05, 0) is 55.4 Å². The summed E-state index contributed by atoms with van der Waals surface area (Å²) in [6, 6.07) is 8.87. The first-order valence-electron chi connectivity index (χ1n) is 12.2. The van der Waals surface area contributed by atoms with Crippen molar-refractivity contribution in [2.45, 2.75) is 51.3 Å². The van der Waals surface area contributed by atoms with Crippen molar-refractivity contribution < 1.29 is 14.6 Å². The van der Waals surface area contributed by atoms with Crippen LogP contribution in [0.3, 0.4) is 0 Å². The number of nitrogens with zero attached hydrogens (tertiary/aromatic N) is 2. The van der Waals surface area contributed by atoms with Crippen molar-refractivity contribution in [1.29, 1.82) is 0 Å². The zero-order chi connectivity index (χ0) is 23.2. The molecule has 2 fully saturated rings. The van der Waals surface area contributed by atoms with Crippen LogP contribution in [0.1, 0.15) is 37.3 Å². The molecule has 6 nitrogen and oxygen atoms in total. The van der Waals surface area contributed by atoms with Gasteiger partial charge in [0.2, 0.25) is 0 Å². The molecule has 0 bridgehead atoms. The fourth-order valence-corrected chi connectivity index (χ4v) is 4.93. The third-order valence-electron chi connectivity index (χ3n) is 6.89. The number of carbonyl (C=O) groups excluding carboxylic acids is 1. The Morgan fingerprint density at radius 1 is 1.21 bits per heavy atom. The van der Waals surface area contributed by atoms with Crippen LogP contribution in [0.5, 0.6) is 0 Å². The molecule has 3 aliphatic rings. The number of ether oxygens (including phenoxy) is 1. The van der Waals surface area contributed by atoms with Crippen molar-refractivity contribution in [3.8, 4) is 0 Å². The minimum Gasteiger partial charge on any atom is -0.390 e. The molecule has 1 unspecified atom stereocenters. The highest BCUT2D eigenvalue weighted by Crippen LogP contribution is 2.24. The zero-order valence-corrected chi connectivity index (χ0v) is 19.8. The van der Waals surface area contributed by atoms with Gasteiger partial charge < -0.3 is 20.1 Å². The van der Waals surface area contributed by atoms with Crippen molar-refractivity contribution in [3.05, 3.63) is 71.0 Å². The van der Waals surface area contributed by atoms with Crippen LogP contribution in [0, 0.1) is 0 Å². The van der Waals surface area contributed by atoms with E-state index in [2.05, 4.69) is 41.1 Å². The molecule has 3 heterocycles. The molecule has 0 saturated carbocycles. The van der Waals surface area contributed by atoms with Crippen LogP contribution >= 0.6 is 0 Å². The number of rotatable bonds is 7. The average Bonchev–Trinajstić information content (AvgIpc) is 2.83. The third-order valence-corrected chi connectivity index (χ3v) is 6.89. The van der Waals surface area contributed by atoms with Crippen molar-refractivity contribution in [2.24, 2.45) is 0 Å². The van der Waals surface area contributed by atoms with Gasteiger partial charge in [0, 0.05) is 63.2 Å². The van der Waals surface area contributed by atoms with E-state index in [9.17, 15) is 9.90 Å². The molecule has 6 heteroatoms. The van der Waals surface area contributed by atoms with Gasteiger partial charge in [0.1, 0.15) is 0 Å². The SMILES string of the molecule is C=C1CCN(CC(O)CN2CCc3ccccc3C2)C(=O)/C1=C/C(=C\C)NC1CCOCC1. The molecule has 2 saturated heterocycles. The van der Waals surface area contributed by atoms with Crippen LogP contribution < -0.4 is 5.32 Å². The number of carbonyl (C=O) groups is 1. The Balaban J connectivity index is 1.35. The second-order valence-corrected chi connectivity index (χ2v) is 9.35. The number of benzene rings is 1. The van der Waals surface area contributed by atoms with Crippen molar-refractivity contribution in [1.82, 2.24) is 15.1 Å². The van der Waals surface area contributed by atoms with Crippen molar-refractivity contribution in [2.75, 3.05) is 39.4 Å². The molecular formula is C27H37N3O3. The van der Waals surface area contributed by atoms with Gasteiger partial charge in [-0.15, -0.1) is 0 Å². The summed E-state index contributed by atoms with van der Waals surface area (Å²) in [5, 5.41) is 14.4. The monoisotopic (exact) mass is 451 g/mol. The normalized spacial score (nSPS) is 23.0. The van der Waals surface area contributed by atoms with E-state index in [1.807, 2.05) is 19.1 Å². The highest BCUT2D eigenvalue weighted by Gasteiger charge is 2.29. The number of aliphatic hydroxyl groups excluding tert-OH is 1. The van der Waals surface area contributed by atoms with Gasteiger partial charge in [-0.1, -0.05) is 36.9 Å². The van der Waals surface area contributed by atoms with Gasteiger partial charge in [0.15, 0.2) is 0 Å². The number of piperidine rings is 1. The number of fused-ring (bicyclic) bond motifs is 1. The Morgan fingerprint density at radius 3 is 2.73 bits per heavy atom. The molecule has 1 atom stereocenters. The van der Waals surface area contributed by atoms with Crippen molar-refractivity contribution in [3.63, 3.8) is 0 Å². The molecule has 0 aromatic heterocycles. The first kappa shape index (κ1) is 23.7. The van der Waals surface area contributed by atoms with Crippen LogP contribution in [0.2, 0.25) is 0 Å². The highest BCUT2D eigenvalue weighted by molar-refractivity contribution is 5.99. The zero-order valence-electron chi connectivity index (χ0n) is 19.8. The number of amides is 1. The molecule has 4 rings (SSSR count). The molecule has 0 radical (unpaired) electrons. The van der Waals surface area contributed by atoms with Gasteiger partial charge >= 0.3 is 0 Å². The van der Waals surface area contributed by atoms with E-state index in [4.69, 9.17) is 4.74 Å². The summed E-state index contributed by atoms with van der Waals surface area (Å²) >= 11 is 0. The molecule has 1 aromatic carbocycles. The van der Waals surface area contributed by atoms with Gasteiger partial charge in [-0.2, -0.15) is 0 Å². The second-order valence-electron chi connectivity index (χ2n) is 9.35. The standard InChI is InChI=1S/C27H37N3O3/c1-3-23(28-24-10-14-33-15-11-24)16-26-20(2)8-13-30(27(26)32)19-25(31)18-29-12-9-21-6-4-5-7-22(21)17-29/h3-7,16,24-25,28,31H,2,8-15,17-19H2,1H3/b23-3+,26-16+. The van der Waals surface area contributed by atoms with E-state index in [1.54, 1.807) is 4.90 Å². The molecular weight excluding hydrogens is 414 g/mol. The first-order valence-corrected chi connectivity index (χ1v) is 12.2. The summed E-state index contributed by atoms with van der Waals surface area (Å²) in [4.78, 5) is 17.3. The maximum absolute atomic E-state index is 13.3. The van der Waals surface area contributed by atoms with E-state index in [1.165, 1.54) is 11.1 Å². The van der Waals surface area contributed by atoms with E-state index < -0.39 is 6.10 Å². The quantitative estimate of drug-likeness (QED) is 0.624. The minimum atomic E-state index is -0.576. The predicted octanol–water partition coefficient (Wildman–Crippen LogP) is 2.79. The summed E-state index contributed by atoms with van der Waals surface area (Å²) in [7, 11) is 0. The Bertz CT molecular complexity index is 917. The Hall–Kier alpha value is -2.41. The van der Waals surface area contributed by atoms with Crippen LogP contribution in [0.25, 0.3) is 0 Å². The molecule has 0 aliphatic carbocycles. The highest BCUT2D eigenvalue weighted by atomic mass is 16.5. The van der Waals surface area contributed by atoms with E-state index in [0.29, 0.717) is 31.2 Å². The third kappa shape index (κ3) is 6.14. The number of nitrogens with one attached hydrogen (secondary N) is 1. The van der Waals surface area contributed by atoms with Crippen molar-refractivity contribution >= 4 is 5.91 Å². The molecule has 3 aliphatic heterocycles. The van der Waals surface area contributed by atoms with E-state index >= 15 is 0 Å². The van der Waals surface area contributed by atoms with Gasteiger partial charge in [-0.25, -0.2) is 0 Å². The summed E-state index contributed by atoms with van der Waals surface area (Å²) in [6.45, 7) is 11.0. The first-order chi connectivity index (χ1) is 16.0. The molecule has 1 amide bonds. The number of hydrogen-bond donors (Lipinski definition) is 2. The number of hydrogen-bond acceptors (Lipinski definition) is 5. The van der Waals surface area contributed by atoms with Crippen LogP contribution in [0.15, 0.2) is 59.8 Å². The number of likely N-dealkylation sites (tertiary alicyclic amines) is 1. The largest absolute Gasteiger partial charge is 0.390 e. The number of allylic oxidation sites excluding steroid dienone is 2. The van der Waals surface area contributed by atoms with E-state index in [-0.39, 0.29) is 5.91 Å². The molecule has 0 spiro atoms. The summed E-state index contributed by atoms with van der Waals surface area (Å²) < 4.78 is 5.44. The summed E-state index contributed by atoms with van der Waals surface area (Å²) in [5.41, 5.74) is 5.19. The van der Waals surface area contributed by atoms with Crippen LogP contribution in [-0.2, 0) is 22.5 Å². The molecule has 2 N–H and O–H groups in total. The van der Waals surface area contributed by atoms with Crippen LogP contribution in [0.4, 0.5) is 0 Å². The fourth-order valence-electron chi connectivity index (χ4n) is 4.93. The minimum absolute atomic E-state index is 0.0394. The molecule has 1 aromatic rings. The van der Waals surface area contributed by atoms with Crippen LogP contribution in [-0.4, -0.2) is 72.4 Å². The van der Waals surface area contributed by atoms with Gasteiger partial charge in [0.25, 0.3) is 5.91 Å². The lowest BCUT2D eigenvalue weighted by atomic mass is 9.96. The lowest BCUT2D eigenvalue weighted by Crippen LogP contribution is -2.46. The topological polar surface area (TPSA) is 65.0 Å². The average molecular weight is 452 g/mol. The maximum Gasteiger partial charge on any atom is 0.254 e. The Labute approximate surface area is 197 Å². The Morgan fingerprint density at radius 2 is 1.97 bits per heavy atom.